The Morgan fingerprint density at radius 3 is 1.07 bits per heavy atom. The summed E-state index contributed by atoms with van der Waals surface area (Å²) in [6.07, 6.45) is 5.42. The lowest BCUT2D eigenvalue weighted by atomic mass is 10.0. The maximum Gasteiger partial charge on any atom is 0.241 e. The molecular weight excluding hydrogens is 1420 g/mol. The largest absolute Gasteiger partial charge is 0.397 e. The summed E-state index contributed by atoms with van der Waals surface area (Å²) < 4.78 is 29.3. The number of nitrogens with zero attached hydrogens (tertiary/aromatic N) is 12. The van der Waals surface area contributed by atoms with E-state index in [4.69, 9.17) is 64.8 Å². The molecule has 5 fully saturated rings. The second kappa shape index (κ2) is 35.2. The third-order valence-corrected chi connectivity index (χ3v) is 19.7. The molecule has 1 saturated carbocycles. The van der Waals surface area contributed by atoms with Crippen molar-refractivity contribution in [1.29, 1.82) is 0 Å². The Balaban J connectivity index is 0.000000144. The van der Waals surface area contributed by atoms with Gasteiger partial charge in [0.25, 0.3) is 0 Å². The quantitative estimate of drug-likeness (QED) is 0.0293. The first-order valence-corrected chi connectivity index (χ1v) is 35.7. The molecule has 8 aromatic heterocycles. The summed E-state index contributed by atoms with van der Waals surface area (Å²) >= 11 is 0. The van der Waals surface area contributed by atoms with Gasteiger partial charge in [0.2, 0.25) is 23.6 Å². The number of fused-ring (bicyclic) bond motifs is 4. The Hall–Kier alpha value is -9.86. The number of carbonyl (C=O) groups is 4. The number of unbranched alkanes of at least 4 members (excludes halogenated alkanes) is 1. The number of carbonyl (C=O) groups excluding carboxylic acids is 4. The molecule has 40 heteroatoms. The van der Waals surface area contributed by atoms with Gasteiger partial charge < -0.3 is 127 Å². The highest BCUT2D eigenvalue weighted by atomic mass is 16.6. The molecule has 12 heterocycles. The molecule has 9 aromatic rings. The lowest BCUT2D eigenvalue weighted by molar-refractivity contribution is -0.125. The number of nitrogens with one attached hydrogen (secondary N) is 4. The summed E-state index contributed by atoms with van der Waals surface area (Å²) in [7, 11) is 0. The molecule has 4 aliphatic heterocycles. The van der Waals surface area contributed by atoms with Gasteiger partial charge in [-0.15, -0.1) is 0 Å². The molecule has 0 bridgehead atoms. The average Bonchev–Trinajstić information content (AvgIpc) is 1.64. The van der Waals surface area contributed by atoms with Crippen LogP contribution < -0.4 is 67.1 Å². The first kappa shape index (κ1) is 80.2. The number of ether oxygens (including phenoxy) is 4. The molecule has 1 aliphatic carbocycles. The van der Waals surface area contributed by atoms with Crippen molar-refractivity contribution in [3.63, 3.8) is 0 Å². The molecule has 588 valence electrons. The topological polar surface area (TPSA) is 646 Å². The minimum absolute atomic E-state index is 0.183. The predicted molar refractivity (Wildman–Crippen MR) is 392 cm³/mol. The SMILES string of the molecule is CC(C)CC(N)C(=O)N[C@@H]1C(O)[C@H](n2cnc3c(N)ccnc32)O[C@@H]1CO.CCCCC(N)C(=O)N[C@@H]1C(O)[C@H](n2cnc3c(N)ccnc32)O[C@@H]1CO.Nc1ccnc2c1ncn2[C@@H]1O[C@H](CO)[C@H](NC(=O)C(N)C2CC2)C1O.Nc1ccnc2c1ncn2[C@@H]1O[C@H](CO)[C@H](NC(=O)C(N)c2ccccc2)C1O. The van der Waals surface area contributed by atoms with E-state index in [9.17, 15) is 60.0 Å². The van der Waals surface area contributed by atoms with Gasteiger partial charge in [0, 0.05) is 24.8 Å². The monoisotopic (exact) mass is 1520 g/mol. The van der Waals surface area contributed by atoms with E-state index in [0.717, 1.165) is 25.7 Å². The minimum Gasteiger partial charge on any atom is -0.397 e. The van der Waals surface area contributed by atoms with Crippen LogP contribution in [0.25, 0.3) is 44.7 Å². The van der Waals surface area contributed by atoms with Crippen molar-refractivity contribution >= 4 is 91.0 Å². The van der Waals surface area contributed by atoms with Gasteiger partial charge in [0.05, 0.1) is 117 Å². The number of hydrogen-bond acceptors (Lipinski definition) is 32. The van der Waals surface area contributed by atoms with Crippen LogP contribution in [-0.2, 0) is 38.1 Å². The molecule has 40 nitrogen and oxygen atoms in total. The minimum atomic E-state index is -1.17. The maximum absolute atomic E-state index is 12.6. The van der Waals surface area contributed by atoms with Crippen molar-refractivity contribution in [2.45, 2.75) is 181 Å². The van der Waals surface area contributed by atoms with E-state index in [1.165, 1.54) is 54.7 Å². The second-order valence-corrected chi connectivity index (χ2v) is 27.7. The van der Waals surface area contributed by atoms with Gasteiger partial charge in [-0.25, -0.2) is 39.9 Å². The Labute approximate surface area is 622 Å². The second-order valence-electron chi connectivity index (χ2n) is 27.7. The fourth-order valence-corrected chi connectivity index (χ4v) is 13.5. The summed E-state index contributed by atoms with van der Waals surface area (Å²) in [5, 5.41) is 92.6. The number of aromatic nitrogens is 12. The van der Waals surface area contributed by atoms with Gasteiger partial charge in [-0.05, 0) is 67.3 Å². The molecule has 109 heavy (non-hydrogen) atoms. The number of amides is 4. The van der Waals surface area contributed by atoms with Crippen LogP contribution in [0.5, 0.6) is 0 Å². The van der Waals surface area contributed by atoms with E-state index >= 15 is 0 Å². The molecular formula is C69H96N24O16. The number of nitrogens with two attached hydrogens (primary N) is 8. The van der Waals surface area contributed by atoms with E-state index in [1.807, 2.05) is 26.8 Å². The molecule has 8 unspecified atom stereocenters. The van der Waals surface area contributed by atoms with Crippen LogP contribution in [0.1, 0.15) is 95.8 Å². The fraction of sp³-hybridized carbons (Fsp3) is 0.507. The summed E-state index contributed by atoms with van der Waals surface area (Å²) in [4.78, 5) is 83.4. The van der Waals surface area contributed by atoms with Crippen molar-refractivity contribution in [1.82, 2.24) is 79.4 Å². The number of nitrogen functional groups attached to an aromatic ring is 4. The van der Waals surface area contributed by atoms with Gasteiger partial charge in [0.1, 0.15) is 76.9 Å². The number of anilines is 4. The number of hydrogen-bond donors (Lipinski definition) is 20. The normalized spacial score (nSPS) is 26.9. The lowest BCUT2D eigenvalue weighted by Crippen LogP contribution is -2.53. The third kappa shape index (κ3) is 17.3. The van der Waals surface area contributed by atoms with Gasteiger partial charge in [-0.1, -0.05) is 63.9 Å². The van der Waals surface area contributed by atoms with E-state index in [1.54, 1.807) is 62.2 Å². The van der Waals surface area contributed by atoms with Crippen LogP contribution >= 0.6 is 0 Å². The number of aliphatic hydroxyl groups is 8. The van der Waals surface area contributed by atoms with Gasteiger partial charge in [0.15, 0.2) is 47.5 Å². The molecule has 0 radical (unpaired) electrons. The van der Waals surface area contributed by atoms with Gasteiger partial charge in [-0.2, -0.15) is 0 Å². The highest BCUT2D eigenvalue weighted by molar-refractivity contribution is 5.88. The van der Waals surface area contributed by atoms with Crippen molar-refractivity contribution in [2.75, 3.05) is 49.4 Å². The summed E-state index contributed by atoms with van der Waals surface area (Å²) in [5.41, 5.74) is 53.5. The van der Waals surface area contributed by atoms with Gasteiger partial charge in [-0.3, -0.25) is 37.4 Å². The smallest absolute Gasteiger partial charge is 0.241 e. The Morgan fingerprint density at radius 1 is 0.459 bits per heavy atom. The lowest BCUT2D eigenvalue weighted by Gasteiger charge is -2.23. The average molecular weight is 1520 g/mol. The van der Waals surface area contributed by atoms with E-state index < -0.39 is 140 Å². The van der Waals surface area contributed by atoms with Crippen LogP contribution in [0.2, 0.25) is 0 Å². The standard InChI is InChI=1S/C19H22N6O4.2C17H26N6O4.C16H22N6O4/c20-11-6-7-22-17-14(11)23-9-25(17)19-16(27)15(12(8-26)29-19)24-18(28)13(21)10-4-2-1-3-5-10;1-8(2)5-10(19)16(26)22-13-11(6-24)27-17(14(13)25)23-7-21-12-9(18)3-4-20-15(12)23;1-2-3-4-10(19)16(26)22-13-11(7-24)27-17(14(13)25)23-8-21-12-9(18)5-6-20-15(12)23;17-8-3-4-19-14-11(8)20-6-22(14)16-13(24)12(9(5-23)26-16)21-15(25)10(18)7-1-2-7/h1-7,9,12-13,15-16,19,26-27H,8,21H2,(H2,20,22)(H,24,28);3-4,7-8,10-11,13-14,17,24-25H,5-6,19H2,1-2H3,(H2,18,20)(H,22,26);5-6,8,10-11,13-14,17,24-25H,2-4,7,19H2,1H3,(H2,18,20)(H,22,26);3-4,6-7,9-10,12-13,16,23-24H,1-2,5,18H2,(H2,17,19)(H,21,25)/t12-,13?,15+,16?,19-;2*10?,11-,13+,14?,17-;9-,10?,12+,13?,16-/m1111/s1. The Morgan fingerprint density at radius 2 is 0.771 bits per heavy atom. The predicted octanol–water partition coefficient (Wildman–Crippen LogP) is -3.68. The molecule has 4 saturated heterocycles. The molecule has 20 atom stereocenters. The Bertz CT molecular complexity index is 4570. The van der Waals surface area contributed by atoms with Crippen LogP contribution in [-0.4, -0.2) is 240 Å². The zero-order valence-electron chi connectivity index (χ0n) is 59.9. The summed E-state index contributed by atoms with van der Waals surface area (Å²) in [6.45, 7) is 4.44. The van der Waals surface area contributed by atoms with Crippen LogP contribution in [0, 0.1) is 11.8 Å². The number of benzene rings is 1. The maximum atomic E-state index is 12.6. The van der Waals surface area contributed by atoms with Crippen molar-refractivity contribution < 1.29 is 79.0 Å². The zero-order valence-corrected chi connectivity index (χ0v) is 59.9. The van der Waals surface area contributed by atoms with Gasteiger partial charge >= 0.3 is 0 Å². The molecule has 28 N–H and O–H groups in total. The van der Waals surface area contributed by atoms with E-state index in [2.05, 4.69) is 61.1 Å². The highest BCUT2D eigenvalue weighted by Crippen LogP contribution is 2.38. The number of rotatable bonds is 23. The van der Waals surface area contributed by atoms with E-state index in [-0.39, 0.29) is 43.5 Å². The number of aliphatic hydroxyl groups excluding tert-OH is 8. The van der Waals surface area contributed by atoms with Crippen LogP contribution in [0.3, 0.4) is 0 Å². The van der Waals surface area contributed by atoms with Crippen molar-refractivity contribution in [3.05, 3.63) is 110 Å². The molecule has 0 spiro atoms. The molecule has 1 aromatic carbocycles. The number of pyridine rings is 4. The van der Waals surface area contributed by atoms with Crippen LogP contribution in [0.4, 0.5) is 22.7 Å². The first-order valence-electron chi connectivity index (χ1n) is 35.7. The molecule has 4 amide bonds. The highest BCUT2D eigenvalue weighted by Gasteiger charge is 2.51. The molecule has 14 rings (SSSR count). The fourth-order valence-electron chi connectivity index (χ4n) is 13.5. The third-order valence-electron chi connectivity index (χ3n) is 19.7. The van der Waals surface area contributed by atoms with E-state index in [0.29, 0.717) is 85.8 Å². The summed E-state index contributed by atoms with van der Waals surface area (Å²) in [6, 6.07) is 9.19. The van der Waals surface area contributed by atoms with Crippen LogP contribution in [0.15, 0.2) is 105 Å². The zero-order chi connectivity index (χ0) is 78.2. The summed E-state index contributed by atoms with van der Waals surface area (Å²) in [5.74, 6) is -1.17. The molecule has 5 aliphatic rings. The van der Waals surface area contributed by atoms with Crippen molar-refractivity contribution in [2.24, 2.45) is 34.8 Å². The number of imidazole rings is 4. The van der Waals surface area contributed by atoms with Crippen molar-refractivity contribution in [3.8, 4) is 0 Å². The first-order chi connectivity index (χ1) is 52.3. The Kier molecular flexibility index (Phi) is 25.9.